The summed E-state index contributed by atoms with van der Waals surface area (Å²) in [5.74, 6) is 0.410. The number of aryl methyl sites for hydroxylation is 1. The molecule has 2 rings (SSSR count). The van der Waals surface area contributed by atoms with Gasteiger partial charge in [0.1, 0.15) is 5.82 Å². The van der Waals surface area contributed by atoms with Gasteiger partial charge in [-0.25, -0.2) is 4.39 Å². The predicted molar refractivity (Wildman–Crippen MR) is 75.0 cm³/mol. The van der Waals surface area contributed by atoms with E-state index >= 15 is 0 Å². The minimum absolute atomic E-state index is 0.139. The lowest BCUT2D eigenvalue weighted by molar-refractivity contribution is -0.117. The van der Waals surface area contributed by atoms with E-state index in [1.807, 2.05) is 6.92 Å². The summed E-state index contributed by atoms with van der Waals surface area (Å²) in [6, 6.07) is 5.76. The molecule has 1 aromatic heterocycles. The highest BCUT2D eigenvalue weighted by atomic mass is 19.1. The maximum absolute atomic E-state index is 13.0. The molecule has 0 spiro atoms. The Morgan fingerprint density at radius 3 is 2.81 bits per heavy atom. The number of benzene rings is 1. The highest BCUT2D eigenvalue weighted by Crippen LogP contribution is 2.09. The number of hydrogen-bond donors (Lipinski definition) is 1. The van der Waals surface area contributed by atoms with Crippen LogP contribution in [0.1, 0.15) is 18.7 Å². The number of likely N-dealkylation sites (N-methyl/N-ethyl adjacent to an activating group) is 1. The fraction of sp³-hybridized carbons (Fsp3) is 0.357. The van der Waals surface area contributed by atoms with Gasteiger partial charge in [0.2, 0.25) is 17.7 Å². The first kappa shape index (κ1) is 15.1. The smallest absolute Gasteiger partial charge is 0.238 e. The van der Waals surface area contributed by atoms with Crippen molar-refractivity contribution >= 4 is 11.6 Å². The second-order valence-corrected chi connectivity index (χ2v) is 4.67. The van der Waals surface area contributed by atoms with Gasteiger partial charge < -0.3 is 9.73 Å². The molecule has 21 heavy (non-hydrogen) atoms. The first-order chi connectivity index (χ1) is 10.1. The molecule has 7 heteroatoms. The zero-order valence-corrected chi connectivity index (χ0v) is 12.0. The summed E-state index contributed by atoms with van der Waals surface area (Å²) < 4.78 is 18.4. The van der Waals surface area contributed by atoms with E-state index in [0.29, 0.717) is 30.4 Å². The molecule has 0 atom stereocenters. The molecule has 1 aromatic carbocycles. The van der Waals surface area contributed by atoms with Gasteiger partial charge in [0.05, 0.1) is 13.1 Å². The number of carbonyl (C=O) groups is 1. The van der Waals surface area contributed by atoms with Crippen molar-refractivity contribution in [2.24, 2.45) is 0 Å². The number of anilines is 1. The van der Waals surface area contributed by atoms with Gasteiger partial charge in [-0.15, -0.1) is 10.2 Å². The molecule has 0 unspecified atom stereocenters. The van der Waals surface area contributed by atoms with Gasteiger partial charge in [-0.3, -0.25) is 9.69 Å². The highest BCUT2D eigenvalue weighted by Gasteiger charge is 2.11. The van der Waals surface area contributed by atoms with Crippen LogP contribution in [-0.4, -0.2) is 34.6 Å². The highest BCUT2D eigenvalue weighted by molar-refractivity contribution is 5.92. The van der Waals surface area contributed by atoms with Crippen LogP contribution < -0.4 is 5.32 Å². The molecule has 0 aliphatic rings. The van der Waals surface area contributed by atoms with Gasteiger partial charge in [0, 0.05) is 12.1 Å². The summed E-state index contributed by atoms with van der Waals surface area (Å²) in [5.41, 5.74) is 0.430. The Kier molecular flexibility index (Phi) is 4.99. The zero-order valence-electron chi connectivity index (χ0n) is 12.0. The number of nitrogens with zero attached hydrogens (tertiary/aromatic N) is 3. The summed E-state index contributed by atoms with van der Waals surface area (Å²) >= 11 is 0. The van der Waals surface area contributed by atoms with E-state index in [4.69, 9.17) is 4.42 Å². The number of amides is 1. The fourth-order valence-corrected chi connectivity index (χ4v) is 1.79. The lowest BCUT2D eigenvalue weighted by atomic mass is 10.3. The maximum Gasteiger partial charge on any atom is 0.238 e. The van der Waals surface area contributed by atoms with Gasteiger partial charge >= 0.3 is 0 Å². The molecule has 6 nitrogen and oxygen atoms in total. The second kappa shape index (κ2) is 6.94. The van der Waals surface area contributed by atoms with E-state index in [-0.39, 0.29) is 18.3 Å². The molecule has 1 amide bonds. The number of nitrogens with one attached hydrogen (secondary N) is 1. The number of hydrogen-bond acceptors (Lipinski definition) is 5. The first-order valence-corrected chi connectivity index (χ1v) is 6.62. The second-order valence-electron chi connectivity index (χ2n) is 4.67. The van der Waals surface area contributed by atoms with Crippen LogP contribution in [0.25, 0.3) is 0 Å². The molecule has 0 radical (unpaired) electrons. The summed E-state index contributed by atoms with van der Waals surface area (Å²) in [6.07, 6.45) is 0.677. The van der Waals surface area contributed by atoms with Crippen molar-refractivity contribution in [3.05, 3.63) is 41.9 Å². The topological polar surface area (TPSA) is 71.3 Å². The molecule has 112 valence electrons. The quantitative estimate of drug-likeness (QED) is 0.879. The third kappa shape index (κ3) is 4.64. The average molecular weight is 292 g/mol. The normalized spacial score (nSPS) is 10.9. The number of rotatable bonds is 6. The number of halogens is 1. The van der Waals surface area contributed by atoms with E-state index in [1.165, 1.54) is 12.1 Å². The van der Waals surface area contributed by atoms with Crippen molar-refractivity contribution in [1.29, 1.82) is 0 Å². The summed E-state index contributed by atoms with van der Waals surface area (Å²) in [5, 5.41) is 10.4. The minimum atomic E-state index is -0.390. The van der Waals surface area contributed by atoms with Gasteiger partial charge in [-0.1, -0.05) is 13.0 Å². The fourth-order valence-electron chi connectivity index (χ4n) is 1.79. The summed E-state index contributed by atoms with van der Waals surface area (Å²) in [4.78, 5) is 13.6. The van der Waals surface area contributed by atoms with Crippen LogP contribution in [0, 0.1) is 5.82 Å². The molecule has 0 saturated heterocycles. The van der Waals surface area contributed by atoms with E-state index in [1.54, 1.807) is 24.1 Å². The standard InChI is InChI=1S/C14H17FN4O2/c1-3-13-17-18-14(21-13)9-19(2)8-12(20)16-11-6-4-5-10(15)7-11/h4-7H,3,8-9H2,1-2H3,(H,16,20). The van der Waals surface area contributed by atoms with Gasteiger partial charge in [0.15, 0.2) is 0 Å². The third-order valence-electron chi connectivity index (χ3n) is 2.74. The van der Waals surface area contributed by atoms with Gasteiger partial charge in [-0.05, 0) is 25.2 Å². The molecular formula is C14H17FN4O2. The van der Waals surface area contributed by atoms with Crippen molar-refractivity contribution < 1.29 is 13.6 Å². The molecule has 0 saturated carbocycles. The molecule has 1 heterocycles. The SMILES string of the molecule is CCc1nnc(CN(C)CC(=O)Nc2cccc(F)c2)o1. The van der Waals surface area contributed by atoms with Crippen molar-refractivity contribution in [1.82, 2.24) is 15.1 Å². The van der Waals surface area contributed by atoms with E-state index in [0.717, 1.165) is 0 Å². The first-order valence-electron chi connectivity index (χ1n) is 6.62. The molecule has 0 aliphatic carbocycles. The lowest BCUT2D eigenvalue weighted by Crippen LogP contribution is -2.30. The van der Waals surface area contributed by atoms with E-state index in [2.05, 4.69) is 15.5 Å². The van der Waals surface area contributed by atoms with Crippen LogP contribution in [-0.2, 0) is 17.8 Å². The molecule has 1 N–H and O–H groups in total. The van der Waals surface area contributed by atoms with Crippen LogP contribution in [0.15, 0.2) is 28.7 Å². The Hall–Kier alpha value is -2.28. The van der Waals surface area contributed by atoms with Crippen LogP contribution in [0.3, 0.4) is 0 Å². The number of carbonyl (C=O) groups excluding carboxylic acids is 1. The average Bonchev–Trinajstić information content (AvgIpc) is 2.85. The summed E-state index contributed by atoms with van der Waals surface area (Å²) in [6.45, 7) is 2.44. The van der Waals surface area contributed by atoms with Gasteiger partial charge in [-0.2, -0.15) is 0 Å². The van der Waals surface area contributed by atoms with Crippen molar-refractivity contribution in [3.63, 3.8) is 0 Å². The Bertz CT molecular complexity index is 615. The Morgan fingerprint density at radius 1 is 1.38 bits per heavy atom. The summed E-state index contributed by atoms with van der Waals surface area (Å²) in [7, 11) is 1.76. The largest absolute Gasteiger partial charge is 0.424 e. The third-order valence-corrected chi connectivity index (χ3v) is 2.74. The zero-order chi connectivity index (χ0) is 15.2. The predicted octanol–water partition coefficient (Wildman–Crippen LogP) is 1.84. The van der Waals surface area contributed by atoms with Crippen LogP contribution in [0.5, 0.6) is 0 Å². The Morgan fingerprint density at radius 2 is 2.14 bits per heavy atom. The monoisotopic (exact) mass is 292 g/mol. The maximum atomic E-state index is 13.0. The molecule has 2 aromatic rings. The number of aromatic nitrogens is 2. The van der Waals surface area contributed by atoms with Crippen LogP contribution in [0.2, 0.25) is 0 Å². The van der Waals surface area contributed by atoms with Crippen LogP contribution >= 0.6 is 0 Å². The van der Waals surface area contributed by atoms with Crippen molar-refractivity contribution in [3.8, 4) is 0 Å². The van der Waals surface area contributed by atoms with Crippen LogP contribution in [0.4, 0.5) is 10.1 Å². The Labute approximate surface area is 122 Å². The Balaban J connectivity index is 1.84. The van der Waals surface area contributed by atoms with E-state index in [9.17, 15) is 9.18 Å². The molecule has 0 aliphatic heterocycles. The van der Waals surface area contributed by atoms with Gasteiger partial charge in [0.25, 0.3) is 0 Å². The van der Waals surface area contributed by atoms with Crippen molar-refractivity contribution in [2.45, 2.75) is 19.9 Å². The lowest BCUT2D eigenvalue weighted by Gasteiger charge is -2.14. The van der Waals surface area contributed by atoms with E-state index < -0.39 is 0 Å². The molecular weight excluding hydrogens is 275 g/mol. The minimum Gasteiger partial charge on any atom is -0.424 e. The van der Waals surface area contributed by atoms with Crippen molar-refractivity contribution in [2.75, 3.05) is 18.9 Å². The molecule has 0 fully saturated rings. The molecule has 0 bridgehead atoms.